The van der Waals surface area contributed by atoms with Crippen LogP contribution >= 0.6 is 0 Å². The van der Waals surface area contributed by atoms with Crippen molar-refractivity contribution in [1.82, 2.24) is 0 Å². The second kappa shape index (κ2) is 15.2. The Morgan fingerprint density at radius 3 is 1.84 bits per heavy atom. The molecule has 0 amide bonds. The summed E-state index contributed by atoms with van der Waals surface area (Å²) in [5.41, 5.74) is -0.281. The fourth-order valence-corrected chi connectivity index (χ4v) is 8.51. The van der Waals surface area contributed by atoms with Crippen LogP contribution in [0.15, 0.2) is 59.7 Å². The predicted octanol–water partition coefficient (Wildman–Crippen LogP) is 5.23. The van der Waals surface area contributed by atoms with Gasteiger partial charge in [0.25, 0.3) is 0 Å². The van der Waals surface area contributed by atoms with Crippen LogP contribution in [0.1, 0.15) is 80.7 Å². The highest BCUT2D eigenvalue weighted by Gasteiger charge is 2.68. The number of hydrogen-bond acceptors (Lipinski definition) is 12. The Labute approximate surface area is 298 Å². The minimum Gasteiger partial charge on any atom is -0.462 e. The highest BCUT2D eigenvalue weighted by Crippen LogP contribution is 2.61. The van der Waals surface area contributed by atoms with Crippen LogP contribution in [-0.4, -0.2) is 72.4 Å². The zero-order valence-electron chi connectivity index (χ0n) is 30.7. The lowest BCUT2D eigenvalue weighted by molar-refractivity contribution is -0.230. The Bertz CT molecular complexity index is 1640. The summed E-state index contributed by atoms with van der Waals surface area (Å²) in [5.74, 6) is -5.65. The first-order valence-corrected chi connectivity index (χ1v) is 17.0. The first-order valence-electron chi connectivity index (χ1n) is 17.0. The number of fused-ring (bicyclic) bond motifs is 3. The van der Waals surface area contributed by atoms with E-state index in [1.54, 1.807) is 19.9 Å². The summed E-state index contributed by atoms with van der Waals surface area (Å²) >= 11 is 0. The molecule has 0 spiro atoms. The lowest BCUT2D eigenvalue weighted by Gasteiger charge is -2.61. The number of rotatable bonds is 8. The number of benzene rings is 1. The van der Waals surface area contributed by atoms with Gasteiger partial charge in [-0.1, -0.05) is 57.7 Å². The molecule has 3 aliphatic carbocycles. The number of ether oxygens (including phenoxy) is 6. The molecule has 12 nitrogen and oxygen atoms in total. The molecule has 0 saturated heterocycles. The van der Waals surface area contributed by atoms with Gasteiger partial charge in [-0.25, -0.2) is 4.79 Å². The van der Waals surface area contributed by atoms with E-state index in [4.69, 9.17) is 28.4 Å². The molecule has 4 rings (SSSR count). The van der Waals surface area contributed by atoms with E-state index >= 15 is 0 Å². The van der Waals surface area contributed by atoms with Crippen molar-refractivity contribution in [2.24, 2.45) is 22.7 Å². The lowest BCUT2D eigenvalue weighted by atomic mass is 9.48. The molecule has 0 aromatic heterocycles. The number of hydrogen-bond donors (Lipinski definition) is 0. The van der Waals surface area contributed by atoms with Crippen molar-refractivity contribution in [3.8, 4) is 0 Å². The number of carbonyl (C=O) groups excluding carboxylic acids is 6. The molecular weight excluding hydrogens is 660 g/mol. The van der Waals surface area contributed by atoms with Gasteiger partial charge in [0, 0.05) is 59.0 Å². The predicted molar refractivity (Wildman–Crippen MR) is 183 cm³/mol. The molecular formula is C39H48O12. The summed E-state index contributed by atoms with van der Waals surface area (Å²) in [6.07, 6.45) is -3.79. The third-order valence-corrected chi connectivity index (χ3v) is 10.5. The molecule has 9 atom stereocenters. The van der Waals surface area contributed by atoms with Gasteiger partial charge in [0.1, 0.15) is 24.4 Å². The first kappa shape index (κ1) is 39.1. The van der Waals surface area contributed by atoms with Crippen molar-refractivity contribution in [2.75, 3.05) is 0 Å². The van der Waals surface area contributed by atoms with Gasteiger partial charge in [0.2, 0.25) is 0 Å². The minimum atomic E-state index is -1.49. The van der Waals surface area contributed by atoms with E-state index in [2.05, 4.69) is 6.58 Å². The van der Waals surface area contributed by atoms with Gasteiger partial charge in [0.05, 0.1) is 5.41 Å². The maximum atomic E-state index is 13.3. The Hall–Kier alpha value is -4.74. The van der Waals surface area contributed by atoms with Crippen molar-refractivity contribution < 1.29 is 57.2 Å². The van der Waals surface area contributed by atoms with Gasteiger partial charge >= 0.3 is 35.8 Å². The molecule has 0 radical (unpaired) electrons. The van der Waals surface area contributed by atoms with E-state index in [0.717, 1.165) is 5.56 Å². The zero-order valence-corrected chi connectivity index (χ0v) is 30.7. The van der Waals surface area contributed by atoms with E-state index in [9.17, 15) is 28.8 Å². The van der Waals surface area contributed by atoms with Crippen LogP contribution in [0.25, 0.3) is 6.08 Å². The molecule has 276 valence electrons. The van der Waals surface area contributed by atoms with E-state index in [-0.39, 0.29) is 12.8 Å². The molecule has 51 heavy (non-hydrogen) atoms. The molecule has 0 N–H and O–H groups in total. The van der Waals surface area contributed by atoms with E-state index in [1.807, 2.05) is 44.2 Å². The van der Waals surface area contributed by atoms with Crippen LogP contribution in [0.5, 0.6) is 0 Å². The van der Waals surface area contributed by atoms with Gasteiger partial charge in [0.15, 0.2) is 12.2 Å². The van der Waals surface area contributed by atoms with Crippen LogP contribution in [0.2, 0.25) is 0 Å². The van der Waals surface area contributed by atoms with Gasteiger partial charge in [-0.2, -0.15) is 0 Å². The van der Waals surface area contributed by atoms with Crippen LogP contribution < -0.4 is 0 Å². The highest BCUT2D eigenvalue weighted by atomic mass is 16.6. The fraction of sp³-hybridized carbons (Fsp3) is 0.538. The molecule has 2 fully saturated rings. The SMILES string of the molecule is C=C1[C@@H](OC(=O)/C=C/c2ccccc2)C[C@H](OC(C)=O)[C@@]2(C)[C@@H](OC(C)=O)[C@H](OC(C)=O)C3=C(C)[C@@H](OC(C)=O)CC([C@@H](OC(C)=O)[C@H]12)C3(C)C. The fourth-order valence-electron chi connectivity index (χ4n) is 8.51. The van der Waals surface area contributed by atoms with E-state index in [1.165, 1.54) is 40.7 Å². The Balaban J connectivity index is 2.02. The first-order chi connectivity index (χ1) is 23.8. The molecule has 2 saturated carbocycles. The Kier molecular flexibility index (Phi) is 11.7. The third kappa shape index (κ3) is 8.10. The minimum absolute atomic E-state index is 0.101. The highest BCUT2D eigenvalue weighted by molar-refractivity contribution is 5.87. The number of carbonyl (C=O) groups is 6. The summed E-state index contributed by atoms with van der Waals surface area (Å²) in [5, 5.41) is 0. The molecule has 0 heterocycles. The third-order valence-electron chi connectivity index (χ3n) is 10.5. The normalized spacial score (nSPS) is 31.3. The molecule has 1 unspecified atom stereocenters. The quantitative estimate of drug-likeness (QED) is 0.150. The molecule has 2 bridgehead atoms. The standard InChI is InChI=1S/C39H48O12/c1-20-29(46-22(3)40)18-28-35(48-24(5)42)34-21(2)30(51-32(45)17-16-27-14-12-11-13-15-27)19-31(47-23(4)41)39(34,10)37(50-26(7)44)36(49-25(6)43)33(20)38(28,8)9/h11-17,28-31,34-37H,2,18-19H2,1,3-10H3/b17-16+/t28?,29-,30-,31-,34-,35+,36+,37-,39+/m0/s1. The zero-order chi connectivity index (χ0) is 38.0. The van der Waals surface area contributed by atoms with Crippen molar-refractivity contribution >= 4 is 41.9 Å². The van der Waals surface area contributed by atoms with Crippen LogP contribution in [0.4, 0.5) is 0 Å². The van der Waals surface area contributed by atoms with Gasteiger partial charge in [-0.05, 0) is 47.1 Å². The second-order valence-electron chi connectivity index (χ2n) is 14.3. The number of esters is 6. The van der Waals surface area contributed by atoms with Gasteiger partial charge < -0.3 is 28.4 Å². The van der Waals surface area contributed by atoms with Crippen LogP contribution in [-0.2, 0) is 57.2 Å². The van der Waals surface area contributed by atoms with Crippen molar-refractivity contribution in [2.45, 2.75) is 112 Å². The van der Waals surface area contributed by atoms with Crippen molar-refractivity contribution in [3.05, 3.63) is 65.3 Å². The van der Waals surface area contributed by atoms with Crippen LogP contribution in [0, 0.1) is 22.7 Å². The molecule has 1 aromatic rings. The maximum Gasteiger partial charge on any atom is 0.331 e. The summed E-state index contributed by atoms with van der Waals surface area (Å²) in [7, 11) is 0. The average molecular weight is 709 g/mol. The van der Waals surface area contributed by atoms with Gasteiger partial charge in [-0.3, -0.25) is 24.0 Å². The summed E-state index contributed by atoms with van der Waals surface area (Å²) in [4.78, 5) is 77.4. The molecule has 0 aliphatic heterocycles. The molecule has 3 aliphatic rings. The van der Waals surface area contributed by atoms with Crippen LogP contribution in [0.3, 0.4) is 0 Å². The largest absolute Gasteiger partial charge is 0.462 e. The Morgan fingerprint density at radius 2 is 1.29 bits per heavy atom. The maximum absolute atomic E-state index is 13.3. The molecule has 12 heteroatoms. The summed E-state index contributed by atoms with van der Waals surface area (Å²) in [6, 6.07) is 9.13. The second-order valence-corrected chi connectivity index (χ2v) is 14.3. The Morgan fingerprint density at radius 1 is 0.725 bits per heavy atom. The molecule has 1 aromatic carbocycles. The van der Waals surface area contributed by atoms with Crippen molar-refractivity contribution in [3.63, 3.8) is 0 Å². The van der Waals surface area contributed by atoms with Gasteiger partial charge in [-0.15, -0.1) is 0 Å². The lowest BCUT2D eigenvalue weighted by Crippen LogP contribution is -2.68. The van der Waals surface area contributed by atoms with E-state index in [0.29, 0.717) is 16.7 Å². The van der Waals surface area contributed by atoms with E-state index < -0.39 is 95.1 Å². The topological polar surface area (TPSA) is 158 Å². The smallest absolute Gasteiger partial charge is 0.331 e. The summed E-state index contributed by atoms with van der Waals surface area (Å²) in [6.45, 7) is 17.8. The summed E-state index contributed by atoms with van der Waals surface area (Å²) < 4.78 is 36.2. The average Bonchev–Trinajstić information content (AvgIpc) is 3.01. The van der Waals surface area contributed by atoms with Crippen molar-refractivity contribution in [1.29, 1.82) is 0 Å². The monoisotopic (exact) mass is 708 g/mol.